The molecule has 0 spiro atoms. The Balaban J connectivity index is 1.89. The summed E-state index contributed by atoms with van der Waals surface area (Å²) in [5, 5.41) is 15.9. The Morgan fingerprint density at radius 2 is 1.91 bits per heavy atom. The second-order valence-electron chi connectivity index (χ2n) is 6.13. The molecule has 23 heavy (non-hydrogen) atoms. The van der Waals surface area contributed by atoms with Gasteiger partial charge in [-0.25, -0.2) is 13.6 Å². The predicted molar refractivity (Wildman–Crippen MR) is 91.2 cm³/mol. The van der Waals surface area contributed by atoms with Crippen LogP contribution >= 0.6 is 12.2 Å². The fourth-order valence-corrected chi connectivity index (χ4v) is 5.40. The Kier molecular flexibility index (Phi) is 5.01. The highest BCUT2D eigenvalue weighted by Crippen LogP contribution is 2.40. The summed E-state index contributed by atoms with van der Waals surface area (Å²) in [5.74, 6) is 0.404. The van der Waals surface area contributed by atoms with E-state index in [-0.39, 0.29) is 15.7 Å². The first kappa shape index (κ1) is 16.8. The summed E-state index contributed by atoms with van der Waals surface area (Å²) in [6, 6.07) is 4.82. The maximum Gasteiger partial charge on any atom is 0.206 e. The maximum absolute atomic E-state index is 12.8. The van der Waals surface area contributed by atoms with Gasteiger partial charge in [0.05, 0.1) is 15.9 Å². The third-order valence-corrected chi connectivity index (χ3v) is 6.87. The number of rotatable bonds is 4. The fourth-order valence-electron chi connectivity index (χ4n) is 3.44. The lowest BCUT2D eigenvalue weighted by Gasteiger charge is -2.22. The van der Waals surface area contributed by atoms with Crippen molar-refractivity contribution >= 4 is 28.1 Å². The van der Waals surface area contributed by atoms with Gasteiger partial charge in [0.25, 0.3) is 0 Å². The van der Waals surface area contributed by atoms with E-state index < -0.39 is 15.9 Å². The second-order valence-corrected chi connectivity index (χ2v) is 8.40. The van der Waals surface area contributed by atoms with Crippen LogP contribution in [0.5, 0.6) is 5.75 Å². The normalized spacial score (nSPS) is 22.1. The van der Waals surface area contributed by atoms with Crippen LogP contribution in [0, 0.1) is 5.92 Å². The minimum atomic E-state index is -3.67. The van der Waals surface area contributed by atoms with Crippen molar-refractivity contribution in [3.05, 3.63) is 28.7 Å². The van der Waals surface area contributed by atoms with Gasteiger partial charge in [0.15, 0.2) is 0 Å². The van der Waals surface area contributed by atoms with Crippen LogP contribution in [0.3, 0.4) is 0 Å². The lowest BCUT2D eigenvalue weighted by atomic mass is 9.93. The molecule has 0 amide bonds. The van der Waals surface area contributed by atoms with Crippen molar-refractivity contribution in [1.29, 1.82) is 0 Å². The molecule has 3 N–H and O–H groups in total. The highest BCUT2D eigenvalue weighted by atomic mass is 32.2. The molecule has 1 aliphatic heterocycles. The SMILES string of the molecule is NSOc1ccc2c(c1)S(=O)(=O)C(C(O)C1CCCCCC1)=C2. The van der Waals surface area contributed by atoms with Crippen LogP contribution in [0.1, 0.15) is 44.1 Å². The van der Waals surface area contributed by atoms with Crippen LogP contribution in [0.2, 0.25) is 0 Å². The average molecular weight is 355 g/mol. The third kappa shape index (κ3) is 3.28. The number of hydrogen-bond acceptors (Lipinski definition) is 6. The van der Waals surface area contributed by atoms with Crippen LogP contribution in [-0.4, -0.2) is 19.6 Å². The van der Waals surface area contributed by atoms with Gasteiger partial charge in [-0.2, -0.15) is 0 Å². The van der Waals surface area contributed by atoms with Gasteiger partial charge in [-0.15, -0.1) is 0 Å². The third-order valence-electron chi connectivity index (χ3n) is 4.66. The Morgan fingerprint density at radius 3 is 2.57 bits per heavy atom. The van der Waals surface area contributed by atoms with Crippen molar-refractivity contribution in [2.75, 3.05) is 0 Å². The number of nitrogens with two attached hydrogens (primary N) is 1. The molecule has 3 rings (SSSR count). The van der Waals surface area contributed by atoms with Crippen LogP contribution in [0.4, 0.5) is 0 Å². The molecule has 7 heteroatoms. The Bertz CT molecular complexity index is 707. The summed E-state index contributed by atoms with van der Waals surface area (Å²) < 4.78 is 30.7. The van der Waals surface area contributed by atoms with E-state index in [1.165, 1.54) is 6.07 Å². The van der Waals surface area contributed by atoms with Gasteiger partial charge in [-0.05, 0) is 42.5 Å². The maximum atomic E-state index is 12.8. The summed E-state index contributed by atoms with van der Waals surface area (Å²) >= 11 is 0.671. The lowest BCUT2D eigenvalue weighted by molar-refractivity contribution is 0.138. The lowest BCUT2D eigenvalue weighted by Crippen LogP contribution is -2.25. The van der Waals surface area contributed by atoms with E-state index in [9.17, 15) is 13.5 Å². The number of sulfone groups is 1. The summed E-state index contributed by atoms with van der Waals surface area (Å²) in [5.41, 5.74) is 0.599. The Morgan fingerprint density at radius 1 is 1.22 bits per heavy atom. The molecule has 1 fully saturated rings. The minimum absolute atomic E-state index is 0.0168. The molecule has 2 aliphatic rings. The molecule has 1 atom stereocenters. The zero-order chi connectivity index (χ0) is 16.4. The number of fused-ring (bicyclic) bond motifs is 1. The number of benzene rings is 1. The molecular formula is C16H21NO4S2. The summed E-state index contributed by atoms with van der Waals surface area (Å²) in [4.78, 5) is 0.309. The van der Waals surface area contributed by atoms with E-state index in [1.807, 2.05) is 0 Å². The molecule has 1 heterocycles. The van der Waals surface area contributed by atoms with E-state index in [2.05, 4.69) is 0 Å². The highest BCUT2D eigenvalue weighted by molar-refractivity contribution is 7.96. The number of hydrogen-bond donors (Lipinski definition) is 2. The van der Waals surface area contributed by atoms with Crippen molar-refractivity contribution in [2.24, 2.45) is 11.1 Å². The van der Waals surface area contributed by atoms with Gasteiger partial charge in [0, 0.05) is 6.07 Å². The van der Waals surface area contributed by atoms with E-state index in [0.717, 1.165) is 38.5 Å². The van der Waals surface area contributed by atoms with Gasteiger partial charge >= 0.3 is 0 Å². The van der Waals surface area contributed by atoms with Crippen molar-refractivity contribution < 1.29 is 17.7 Å². The molecule has 1 unspecified atom stereocenters. The first-order valence-electron chi connectivity index (χ1n) is 7.86. The number of aliphatic hydroxyl groups is 1. The Hall–Kier alpha value is -1.02. The monoisotopic (exact) mass is 355 g/mol. The first-order chi connectivity index (χ1) is 11.0. The molecule has 0 radical (unpaired) electrons. The smallest absolute Gasteiger partial charge is 0.206 e. The molecule has 1 saturated carbocycles. The van der Waals surface area contributed by atoms with Crippen molar-refractivity contribution in [3.63, 3.8) is 0 Å². The molecule has 1 aromatic carbocycles. The predicted octanol–water partition coefficient (Wildman–Crippen LogP) is 3.05. The largest absolute Gasteiger partial charge is 0.410 e. The fraction of sp³-hybridized carbons (Fsp3) is 0.500. The summed E-state index contributed by atoms with van der Waals surface area (Å²) in [6.07, 6.45) is 6.84. The second kappa shape index (κ2) is 6.84. The topological polar surface area (TPSA) is 89.6 Å². The first-order valence-corrected chi connectivity index (χ1v) is 10.1. The zero-order valence-corrected chi connectivity index (χ0v) is 14.4. The molecule has 0 bridgehead atoms. The number of aliphatic hydroxyl groups excluding tert-OH is 1. The van der Waals surface area contributed by atoms with E-state index in [4.69, 9.17) is 9.32 Å². The van der Waals surface area contributed by atoms with Crippen molar-refractivity contribution in [1.82, 2.24) is 0 Å². The standard InChI is InChI=1S/C16H21NO4S2/c17-22-21-13-8-7-12-9-15(23(19,20)14(12)10-13)16(18)11-5-3-1-2-4-6-11/h7-11,16,18H,1-6,17H2. The molecule has 5 nitrogen and oxygen atoms in total. The van der Waals surface area contributed by atoms with Crippen molar-refractivity contribution in [2.45, 2.75) is 49.5 Å². The Labute approximate surface area is 141 Å². The van der Waals surface area contributed by atoms with Gasteiger partial charge in [-0.1, -0.05) is 25.7 Å². The summed E-state index contributed by atoms with van der Waals surface area (Å²) in [6.45, 7) is 0. The quantitative estimate of drug-likeness (QED) is 0.490. The molecule has 1 aromatic rings. The van der Waals surface area contributed by atoms with Crippen LogP contribution in [0.25, 0.3) is 6.08 Å². The van der Waals surface area contributed by atoms with Crippen LogP contribution in [-0.2, 0) is 9.84 Å². The van der Waals surface area contributed by atoms with Gasteiger partial charge in [0.1, 0.15) is 18.0 Å². The minimum Gasteiger partial charge on any atom is -0.410 e. The van der Waals surface area contributed by atoms with Crippen LogP contribution in [0.15, 0.2) is 28.0 Å². The van der Waals surface area contributed by atoms with E-state index in [1.54, 1.807) is 18.2 Å². The van der Waals surface area contributed by atoms with E-state index >= 15 is 0 Å². The molecule has 0 saturated heterocycles. The van der Waals surface area contributed by atoms with Gasteiger partial charge in [0.2, 0.25) is 9.84 Å². The van der Waals surface area contributed by atoms with Gasteiger partial charge < -0.3 is 9.29 Å². The van der Waals surface area contributed by atoms with Gasteiger partial charge in [-0.3, -0.25) is 0 Å². The molecule has 126 valence electrons. The summed E-state index contributed by atoms with van der Waals surface area (Å²) in [7, 11) is -3.67. The van der Waals surface area contributed by atoms with E-state index in [0.29, 0.717) is 23.5 Å². The van der Waals surface area contributed by atoms with Crippen molar-refractivity contribution in [3.8, 4) is 5.75 Å². The zero-order valence-electron chi connectivity index (χ0n) is 12.8. The average Bonchev–Trinajstić information content (AvgIpc) is 2.73. The molecule has 1 aliphatic carbocycles. The molecule has 0 aromatic heterocycles. The van der Waals surface area contributed by atoms with Crippen LogP contribution < -0.4 is 9.32 Å². The molecular weight excluding hydrogens is 334 g/mol. The highest BCUT2D eigenvalue weighted by Gasteiger charge is 2.37.